The molecule has 0 aliphatic heterocycles. The van der Waals surface area contributed by atoms with Crippen LogP contribution in [0.2, 0.25) is 25.7 Å². The molecule has 0 aliphatic carbocycles. The maximum absolute atomic E-state index is 12.2. The third-order valence-corrected chi connectivity index (χ3v) is 6.85. The van der Waals surface area contributed by atoms with Crippen molar-refractivity contribution in [2.24, 2.45) is 0 Å². The molecule has 2 N–H and O–H groups in total. The molecule has 1 aromatic heterocycles. The number of rotatable bonds is 11. The molecule has 3 aromatic rings. The average Bonchev–Trinajstić information content (AvgIpc) is 3.12. The van der Waals surface area contributed by atoms with Crippen LogP contribution in [0, 0.1) is 0 Å². The number of para-hydroxylation sites is 1. The number of fused-ring (bicyclic) bond motifs is 1. The smallest absolute Gasteiger partial charge is 0.407 e. The molecule has 0 saturated carbocycles. The van der Waals surface area contributed by atoms with E-state index in [-0.39, 0.29) is 19.8 Å². The summed E-state index contributed by atoms with van der Waals surface area (Å²) in [7, 11) is -1.18. The van der Waals surface area contributed by atoms with E-state index < -0.39 is 14.2 Å². The zero-order valence-corrected chi connectivity index (χ0v) is 20.1. The summed E-state index contributed by atoms with van der Waals surface area (Å²) in [5, 5.41) is 12.2. The van der Waals surface area contributed by atoms with E-state index >= 15 is 0 Å². The van der Waals surface area contributed by atoms with Gasteiger partial charge in [0, 0.05) is 21.3 Å². The Morgan fingerprint density at radius 1 is 1.12 bits per heavy atom. The second-order valence-electron chi connectivity index (χ2n) is 8.98. The third-order valence-electron chi connectivity index (χ3n) is 5.14. The molecule has 0 unspecified atom stereocenters. The van der Waals surface area contributed by atoms with Crippen molar-refractivity contribution in [3.63, 3.8) is 0 Å². The highest BCUT2D eigenvalue weighted by atomic mass is 28.3. The molecule has 1 heterocycles. The molecule has 172 valence electrons. The van der Waals surface area contributed by atoms with E-state index in [9.17, 15) is 9.90 Å². The van der Waals surface area contributed by atoms with Crippen molar-refractivity contribution in [3.8, 4) is 0 Å². The molecule has 0 atom stereocenters. The highest BCUT2D eigenvalue weighted by molar-refractivity contribution is 6.76. The van der Waals surface area contributed by atoms with E-state index in [2.05, 4.69) is 25.0 Å². The predicted octanol–water partition coefficient (Wildman–Crippen LogP) is 4.31. The summed E-state index contributed by atoms with van der Waals surface area (Å²) in [5.41, 5.74) is 3.65. The fourth-order valence-corrected chi connectivity index (χ4v) is 4.07. The Morgan fingerprint density at radius 2 is 1.91 bits per heavy atom. The molecular formula is C24H33N3O4Si. The number of aliphatic hydroxyl groups is 1. The number of carbonyl (C=O) groups is 1. The SMILES string of the molecule is C[Si](C)(C)CCOCn1c(CNC(=O)OCc2ccccc2)nc2c(CCO)cccc21. The zero-order chi connectivity index (χ0) is 23.0. The number of nitrogens with one attached hydrogen (secondary N) is 1. The highest BCUT2D eigenvalue weighted by Gasteiger charge is 2.16. The molecule has 1 amide bonds. The number of amides is 1. The summed E-state index contributed by atoms with van der Waals surface area (Å²) in [6, 6.07) is 16.5. The first-order chi connectivity index (χ1) is 15.4. The lowest BCUT2D eigenvalue weighted by Gasteiger charge is -2.16. The maximum Gasteiger partial charge on any atom is 0.407 e. The van der Waals surface area contributed by atoms with Gasteiger partial charge in [0.15, 0.2) is 0 Å². The number of hydrogen-bond acceptors (Lipinski definition) is 5. The molecule has 7 nitrogen and oxygen atoms in total. The molecule has 0 spiro atoms. The van der Waals surface area contributed by atoms with Gasteiger partial charge in [-0.15, -0.1) is 0 Å². The number of nitrogens with zero attached hydrogens (tertiary/aromatic N) is 2. The van der Waals surface area contributed by atoms with Crippen LogP contribution < -0.4 is 5.32 Å². The van der Waals surface area contributed by atoms with Crippen molar-refractivity contribution in [1.82, 2.24) is 14.9 Å². The lowest BCUT2D eigenvalue weighted by Crippen LogP contribution is -2.26. The first-order valence-corrected chi connectivity index (χ1v) is 14.7. The van der Waals surface area contributed by atoms with Gasteiger partial charge >= 0.3 is 6.09 Å². The van der Waals surface area contributed by atoms with Crippen molar-refractivity contribution in [2.75, 3.05) is 13.2 Å². The number of aliphatic hydroxyl groups excluding tert-OH is 1. The fourth-order valence-electron chi connectivity index (χ4n) is 3.31. The number of carbonyl (C=O) groups excluding carboxylic acids is 1. The van der Waals surface area contributed by atoms with Crippen LogP contribution in [0.5, 0.6) is 0 Å². The molecule has 0 saturated heterocycles. The van der Waals surface area contributed by atoms with Crippen LogP contribution in [0.1, 0.15) is 17.0 Å². The van der Waals surface area contributed by atoms with Crippen LogP contribution >= 0.6 is 0 Å². The van der Waals surface area contributed by atoms with E-state index in [1.54, 1.807) is 0 Å². The molecule has 0 radical (unpaired) electrons. The van der Waals surface area contributed by atoms with Gasteiger partial charge in [0.05, 0.1) is 17.6 Å². The van der Waals surface area contributed by atoms with Crippen molar-refractivity contribution < 1.29 is 19.4 Å². The molecule has 0 fully saturated rings. The summed E-state index contributed by atoms with van der Waals surface area (Å²) in [4.78, 5) is 17.0. The van der Waals surface area contributed by atoms with Gasteiger partial charge in [0.25, 0.3) is 0 Å². The van der Waals surface area contributed by atoms with Gasteiger partial charge in [-0.1, -0.05) is 62.1 Å². The zero-order valence-electron chi connectivity index (χ0n) is 19.1. The Bertz CT molecular complexity index is 1020. The molecule has 8 heteroatoms. The normalized spacial score (nSPS) is 11.6. The van der Waals surface area contributed by atoms with E-state index in [4.69, 9.17) is 14.5 Å². The molecule has 2 aromatic carbocycles. The van der Waals surface area contributed by atoms with Crippen LogP contribution in [0.15, 0.2) is 48.5 Å². The molecule has 32 heavy (non-hydrogen) atoms. The van der Waals surface area contributed by atoms with E-state index in [1.165, 1.54) is 0 Å². The lowest BCUT2D eigenvalue weighted by atomic mass is 10.1. The van der Waals surface area contributed by atoms with E-state index in [1.807, 2.05) is 53.1 Å². The van der Waals surface area contributed by atoms with Crippen molar-refractivity contribution >= 4 is 25.2 Å². The van der Waals surface area contributed by atoms with E-state index in [0.717, 1.165) is 28.2 Å². The number of aromatic nitrogens is 2. The Balaban J connectivity index is 1.70. The van der Waals surface area contributed by atoms with Gasteiger partial charge in [0.2, 0.25) is 0 Å². The van der Waals surface area contributed by atoms with Gasteiger partial charge in [-0.25, -0.2) is 9.78 Å². The average molecular weight is 456 g/mol. The fraction of sp³-hybridized carbons (Fsp3) is 0.417. The highest BCUT2D eigenvalue weighted by Crippen LogP contribution is 2.21. The minimum Gasteiger partial charge on any atom is -0.445 e. The van der Waals surface area contributed by atoms with Crippen LogP contribution in [-0.4, -0.2) is 42.0 Å². The standard InChI is InChI=1S/C24H33N3O4Si/c1-32(2,3)15-14-30-18-27-21-11-7-10-20(12-13-28)23(21)26-22(27)16-25-24(29)31-17-19-8-5-4-6-9-19/h4-11,28H,12-18H2,1-3H3,(H,25,29). The summed E-state index contributed by atoms with van der Waals surface area (Å²) in [6.45, 7) is 8.50. The Labute approximate surface area is 190 Å². The number of benzene rings is 2. The van der Waals surface area contributed by atoms with Crippen molar-refractivity contribution in [1.29, 1.82) is 0 Å². The molecule has 0 bridgehead atoms. The summed E-state index contributed by atoms with van der Waals surface area (Å²) in [5.74, 6) is 0.690. The molecular weight excluding hydrogens is 422 g/mol. The van der Waals surface area contributed by atoms with Crippen LogP contribution in [0.4, 0.5) is 4.79 Å². The number of imidazole rings is 1. The number of alkyl carbamates (subject to hydrolysis) is 1. The van der Waals surface area contributed by atoms with Gasteiger partial charge in [-0.05, 0) is 29.7 Å². The maximum atomic E-state index is 12.2. The van der Waals surface area contributed by atoms with Crippen molar-refractivity contribution in [2.45, 2.75) is 52.0 Å². The van der Waals surface area contributed by atoms with Crippen LogP contribution in [0.3, 0.4) is 0 Å². The predicted molar refractivity (Wildman–Crippen MR) is 128 cm³/mol. The van der Waals surface area contributed by atoms with Crippen LogP contribution in [-0.2, 0) is 35.8 Å². The minimum absolute atomic E-state index is 0.0537. The largest absolute Gasteiger partial charge is 0.445 e. The van der Waals surface area contributed by atoms with Gasteiger partial charge in [0.1, 0.15) is 19.2 Å². The second kappa shape index (κ2) is 11.3. The van der Waals surface area contributed by atoms with Gasteiger partial charge in [-0.3, -0.25) is 0 Å². The first kappa shape index (κ1) is 24.0. The Morgan fingerprint density at radius 3 is 2.62 bits per heavy atom. The van der Waals surface area contributed by atoms with Crippen molar-refractivity contribution in [3.05, 3.63) is 65.5 Å². The topological polar surface area (TPSA) is 85.6 Å². The second-order valence-corrected chi connectivity index (χ2v) is 14.6. The summed E-state index contributed by atoms with van der Waals surface area (Å²) < 4.78 is 13.3. The Kier molecular flexibility index (Phi) is 8.44. The van der Waals surface area contributed by atoms with E-state index in [0.29, 0.717) is 25.6 Å². The lowest BCUT2D eigenvalue weighted by molar-refractivity contribution is 0.0873. The van der Waals surface area contributed by atoms with Crippen LogP contribution in [0.25, 0.3) is 11.0 Å². The number of hydrogen-bond donors (Lipinski definition) is 2. The summed E-state index contributed by atoms with van der Waals surface area (Å²) >= 11 is 0. The summed E-state index contributed by atoms with van der Waals surface area (Å²) in [6.07, 6.45) is 0.0271. The monoisotopic (exact) mass is 455 g/mol. The Hall–Kier alpha value is -2.68. The first-order valence-electron chi connectivity index (χ1n) is 11.0. The molecule has 3 rings (SSSR count). The number of ether oxygens (including phenoxy) is 2. The minimum atomic E-state index is -1.18. The third kappa shape index (κ3) is 6.91. The quantitative estimate of drug-likeness (QED) is 0.332. The van der Waals surface area contributed by atoms with Gasteiger partial charge < -0.3 is 24.5 Å². The van der Waals surface area contributed by atoms with Gasteiger partial charge in [-0.2, -0.15) is 0 Å². The molecule has 0 aliphatic rings.